The van der Waals surface area contributed by atoms with Crippen molar-refractivity contribution in [3.63, 3.8) is 0 Å². The van der Waals surface area contributed by atoms with Gasteiger partial charge in [-0.15, -0.1) is 4.83 Å². The molecular weight excluding hydrogens is 389 g/mol. The molecule has 0 aromatic heterocycles. The topological polar surface area (TPSA) is 93.7 Å². The lowest BCUT2D eigenvalue weighted by atomic mass is 10.2. The van der Waals surface area contributed by atoms with Crippen molar-refractivity contribution in [1.29, 1.82) is 0 Å². The van der Waals surface area contributed by atoms with Crippen LogP contribution in [0.3, 0.4) is 0 Å². The Bertz CT molecular complexity index is 899. The molecule has 2 rings (SSSR count). The Kier molecular flexibility index (Phi) is 6.28. The van der Waals surface area contributed by atoms with Crippen molar-refractivity contribution >= 4 is 15.9 Å². The summed E-state index contributed by atoms with van der Waals surface area (Å²) in [5, 5.41) is 0. The van der Waals surface area contributed by atoms with Gasteiger partial charge in [-0.1, -0.05) is 12.1 Å². The zero-order valence-corrected chi connectivity index (χ0v) is 14.7. The zero-order valence-electron chi connectivity index (χ0n) is 13.9. The monoisotopic (exact) mass is 404 g/mol. The highest BCUT2D eigenvalue weighted by atomic mass is 32.2. The number of hydrogen-bond acceptors (Lipinski definition) is 5. The van der Waals surface area contributed by atoms with Gasteiger partial charge in [0.05, 0.1) is 17.6 Å². The molecule has 0 bridgehead atoms. The number of carbonyl (C=O) groups is 1. The van der Waals surface area contributed by atoms with E-state index in [1.165, 1.54) is 7.11 Å². The first-order valence-corrected chi connectivity index (χ1v) is 8.85. The number of para-hydroxylation sites is 2. The molecule has 0 aliphatic heterocycles. The molecule has 0 atom stereocenters. The van der Waals surface area contributed by atoms with Gasteiger partial charge in [0.2, 0.25) is 0 Å². The van der Waals surface area contributed by atoms with E-state index in [-0.39, 0.29) is 5.75 Å². The standard InChI is InChI=1S/C16H15F3N2O5S/c1-25-13-4-2-3-5-14(13)26-10-15(22)20-21-27(23,24)12-8-6-11(7-9-12)16(17,18)19/h2-9,21H,10H2,1H3,(H,20,22). The molecule has 0 aliphatic rings. The van der Waals surface area contributed by atoms with Crippen LogP contribution in [0.1, 0.15) is 5.56 Å². The molecule has 1 amide bonds. The maximum atomic E-state index is 12.5. The van der Waals surface area contributed by atoms with E-state index in [0.29, 0.717) is 17.9 Å². The van der Waals surface area contributed by atoms with Gasteiger partial charge in [-0.3, -0.25) is 10.2 Å². The summed E-state index contributed by atoms with van der Waals surface area (Å²) >= 11 is 0. The van der Waals surface area contributed by atoms with Crippen LogP contribution in [0.25, 0.3) is 0 Å². The minimum atomic E-state index is -4.58. The van der Waals surface area contributed by atoms with Crippen molar-refractivity contribution in [3.8, 4) is 11.5 Å². The van der Waals surface area contributed by atoms with Crippen LogP contribution in [0.5, 0.6) is 11.5 Å². The van der Waals surface area contributed by atoms with E-state index in [2.05, 4.69) is 0 Å². The molecule has 2 aromatic carbocycles. The number of nitrogens with one attached hydrogen (secondary N) is 2. The summed E-state index contributed by atoms with van der Waals surface area (Å²) in [6.45, 7) is -0.518. The molecule has 0 saturated heterocycles. The number of methoxy groups -OCH3 is 1. The molecule has 7 nitrogen and oxygen atoms in total. The van der Waals surface area contributed by atoms with Gasteiger partial charge in [-0.25, -0.2) is 8.42 Å². The summed E-state index contributed by atoms with van der Waals surface area (Å²) in [5.74, 6) is -0.159. The van der Waals surface area contributed by atoms with Gasteiger partial charge in [-0.2, -0.15) is 13.2 Å². The Hall–Kier alpha value is -2.79. The first-order valence-electron chi connectivity index (χ1n) is 7.37. The Morgan fingerprint density at radius 2 is 1.63 bits per heavy atom. The molecule has 0 spiro atoms. The van der Waals surface area contributed by atoms with Gasteiger partial charge in [-0.05, 0) is 36.4 Å². The molecule has 27 heavy (non-hydrogen) atoms. The number of carbonyl (C=O) groups excluding carboxylic acids is 1. The molecule has 0 fully saturated rings. The fourth-order valence-electron chi connectivity index (χ4n) is 1.92. The lowest BCUT2D eigenvalue weighted by molar-refractivity contribution is -0.137. The lowest BCUT2D eigenvalue weighted by Crippen LogP contribution is -2.43. The SMILES string of the molecule is COc1ccccc1OCC(=O)NNS(=O)(=O)c1ccc(C(F)(F)F)cc1. The third-order valence-electron chi connectivity index (χ3n) is 3.24. The fourth-order valence-corrected chi connectivity index (χ4v) is 2.78. The Balaban J connectivity index is 1.93. The highest BCUT2D eigenvalue weighted by Gasteiger charge is 2.30. The molecule has 0 heterocycles. The minimum absolute atomic E-state index is 0.278. The van der Waals surface area contributed by atoms with Gasteiger partial charge in [0.1, 0.15) is 0 Å². The molecule has 0 aliphatic carbocycles. The molecule has 11 heteroatoms. The van der Waals surface area contributed by atoms with Crippen LogP contribution in [0.4, 0.5) is 13.2 Å². The van der Waals surface area contributed by atoms with Gasteiger partial charge < -0.3 is 9.47 Å². The second-order valence-electron chi connectivity index (χ2n) is 5.12. The fraction of sp³-hybridized carbons (Fsp3) is 0.188. The third kappa shape index (κ3) is 5.59. The summed E-state index contributed by atoms with van der Waals surface area (Å²) in [7, 11) is -2.83. The van der Waals surface area contributed by atoms with Gasteiger partial charge in [0.25, 0.3) is 15.9 Å². The van der Waals surface area contributed by atoms with Gasteiger partial charge >= 0.3 is 6.18 Å². The van der Waals surface area contributed by atoms with Gasteiger partial charge in [0, 0.05) is 0 Å². The number of amides is 1. The van der Waals surface area contributed by atoms with Crippen LogP contribution in [0, 0.1) is 0 Å². The molecule has 146 valence electrons. The van der Waals surface area contributed by atoms with E-state index in [4.69, 9.17) is 9.47 Å². The van der Waals surface area contributed by atoms with Crippen molar-refractivity contribution in [2.75, 3.05) is 13.7 Å². The smallest absolute Gasteiger partial charge is 0.416 e. The Morgan fingerprint density at radius 3 is 2.19 bits per heavy atom. The lowest BCUT2D eigenvalue weighted by Gasteiger charge is -2.12. The maximum Gasteiger partial charge on any atom is 0.416 e. The molecule has 2 aromatic rings. The van der Waals surface area contributed by atoms with E-state index in [1.807, 2.05) is 5.43 Å². The average molecular weight is 404 g/mol. The Morgan fingerprint density at radius 1 is 1.04 bits per heavy atom. The van der Waals surface area contributed by atoms with Crippen molar-refractivity contribution in [1.82, 2.24) is 10.3 Å². The highest BCUT2D eigenvalue weighted by molar-refractivity contribution is 7.89. The largest absolute Gasteiger partial charge is 0.493 e. The predicted molar refractivity (Wildman–Crippen MR) is 88.4 cm³/mol. The number of hydrogen-bond donors (Lipinski definition) is 2. The molecule has 0 saturated carbocycles. The number of ether oxygens (including phenoxy) is 2. The molecule has 2 N–H and O–H groups in total. The number of hydrazine groups is 1. The van der Waals surface area contributed by atoms with Crippen molar-refractivity contribution < 1.29 is 35.9 Å². The quantitative estimate of drug-likeness (QED) is 0.690. The van der Waals surface area contributed by atoms with Crippen molar-refractivity contribution in [2.24, 2.45) is 0 Å². The predicted octanol–water partition coefficient (Wildman–Crippen LogP) is 2.10. The summed E-state index contributed by atoms with van der Waals surface area (Å²) in [6, 6.07) is 9.33. The minimum Gasteiger partial charge on any atom is -0.493 e. The van der Waals surface area contributed by atoms with E-state index in [9.17, 15) is 26.4 Å². The van der Waals surface area contributed by atoms with Crippen LogP contribution >= 0.6 is 0 Å². The first-order chi connectivity index (χ1) is 12.6. The number of rotatable bonds is 7. The van der Waals surface area contributed by atoms with E-state index < -0.39 is 39.2 Å². The zero-order chi connectivity index (χ0) is 20.1. The van der Waals surface area contributed by atoms with Crippen LogP contribution in [0.2, 0.25) is 0 Å². The number of halogens is 3. The highest BCUT2D eigenvalue weighted by Crippen LogP contribution is 2.29. The number of sulfonamides is 1. The number of alkyl halides is 3. The summed E-state index contributed by atoms with van der Waals surface area (Å²) in [4.78, 5) is 13.1. The summed E-state index contributed by atoms with van der Waals surface area (Å²) in [5.41, 5.74) is 0.919. The molecule has 0 radical (unpaired) electrons. The van der Waals surface area contributed by atoms with Crippen LogP contribution in [0.15, 0.2) is 53.4 Å². The second-order valence-corrected chi connectivity index (χ2v) is 6.80. The van der Waals surface area contributed by atoms with Crippen LogP contribution < -0.4 is 19.7 Å². The van der Waals surface area contributed by atoms with Crippen molar-refractivity contribution in [2.45, 2.75) is 11.1 Å². The first kappa shape index (κ1) is 20.5. The van der Waals surface area contributed by atoms with E-state index >= 15 is 0 Å². The molecule has 0 unspecified atom stereocenters. The summed E-state index contributed by atoms with van der Waals surface area (Å²) < 4.78 is 71.8. The summed E-state index contributed by atoms with van der Waals surface area (Å²) in [6.07, 6.45) is -4.58. The third-order valence-corrected chi connectivity index (χ3v) is 4.51. The van der Waals surface area contributed by atoms with Crippen LogP contribution in [-0.4, -0.2) is 28.0 Å². The van der Waals surface area contributed by atoms with Crippen molar-refractivity contribution in [3.05, 3.63) is 54.1 Å². The molecular formula is C16H15F3N2O5S. The van der Waals surface area contributed by atoms with E-state index in [1.54, 1.807) is 29.1 Å². The second kappa shape index (κ2) is 8.27. The normalized spacial score (nSPS) is 11.7. The van der Waals surface area contributed by atoms with Crippen LogP contribution in [-0.2, 0) is 21.0 Å². The maximum absolute atomic E-state index is 12.5. The number of benzene rings is 2. The average Bonchev–Trinajstić information content (AvgIpc) is 2.64. The van der Waals surface area contributed by atoms with Gasteiger partial charge in [0.15, 0.2) is 18.1 Å². The van der Waals surface area contributed by atoms with E-state index in [0.717, 1.165) is 12.1 Å². The Labute approximate surface area is 153 Å².